The van der Waals surface area contributed by atoms with Crippen molar-refractivity contribution in [1.82, 2.24) is 5.32 Å². The maximum atomic E-state index is 11.6. The van der Waals surface area contributed by atoms with Gasteiger partial charge in [-0.15, -0.1) is 0 Å². The van der Waals surface area contributed by atoms with Gasteiger partial charge in [0, 0.05) is 6.04 Å². The number of amides is 1. The molecular weight excluding hydrogens is 192 g/mol. The molecule has 0 radical (unpaired) electrons. The Labute approximate surface area is 90.3 Å². The van der Waals surface area contributed by atoms with Gasteiger partial charge in [0.05, 0.1) is 12.2 Å². The maximum absolute atomic E-state index is 11.6. The summed E-state index contributed by atoms with van der Waals surface area (Å²) in [6, 6.07) is 2.13. The zero-order chi connectivity index (χ0) is 11.3. The van der Waals surface area contributed by atoms with Gasteiger partial charge in [-0.1, -0.05) is 6.92 Å². The van der Waals surface area contributed by atoms with Gasteiger partial charge in [-0.05, 0) is 32.1 Å². The summed E-state index contributed by atoms with van der Waals surface area (Å²) in [7, 11) is 0. The van der Waals surface area contributed by atoms with Crippen LogP contribution in [-0.4, -0.2) is 23.2 Å². The van der Waals surface area contributed by atoms with Gasteiger partial charge in [-0.25, -0.2) is 0 Å². The van der Waals surface area contributed by atoms with Crippen molar-refractivity contribution in [3.05, 3.63) is 0 Å². The summed E-state index contributed by atoms with van der Waals surface area (Å²) in [4.78, 5) is 11.6. The molecule has 1 rings (SSSR count). The molecule has 0 bridgehead atoms. The molecule has 84 valence electrons. The number of carbonyl (C=O) groups excluding carboxylic acids is 1. The fourth-order valence-electron chi connectivity index (χ4n) is 1.86. The van der Waals surface area contributed by atoms with Gasteiger partial charge in [0.25, 0.3) is 0 Å². The van der Waals surface area contributed by atoms with E-state index in [2.05, 4.69) is 5.32 Å². The summed E-state index contributed by atoms with van der Waals surface area (Å²) in [5.74, 6) is -0.696. The Morgan fingerprint density at radius 1 is 1.53 bits per heavy atom. The van der Waals surface area contributed by atoms with Crippen LogP contribution in [0, 0.1) is 17.2 Å². The first-order valence-electron chi connectivity index (χ1n) is 5.55. The van der Waals surface area contributed by atoms with Crippen molar-refractivity contribution in [2.75, 3.05) is 0 Å². The van der Waals surface area contributed by atoms with E-state index in [4.69, 9.17) is 5.26 Å². The van der Waals surface area contributed by atoms with Gasteiger partial charge in [-0.3, -0.25) is 4.79 Å². The third-order valence-electron chi connectivity index (χ3n) is 2.92. The molecule has 1 amide bonds. The highest BCUT2D eigenvalue weighted by molar-refractivity contribution is 5.81. The molecule has 0 aromatic rings. The largest absolute Gasteiger partial charge is 0.393 e. The molecule has 4 nitrogen and oxygen atoms in total. The van der Waals surface area contributed by atoms with E-state index >= 15 is 0 Å². The van der Waals surface area contributed by atoms with Crippen LogP contribution in [0.3, 0.4) is 0 Å². The molecule has 4 heteroatoms. The molecular formula is C11H18N2O2. The molecule has 1 atom stereocenters. The Hall–Kier alpha value is -1.08. The summed E-state index contributed by atoms with van der Waals surface area (Å²) in [6.45, 7) is 1.83. The van der Waals surface area contributed by atoms with Crippen LogP contribution in [0.1, 0.15) is 39.0 Å². The zero-order valence-electron chi connectivity index (χ0n) is 9.07. The van der Waals surface area contributed by atoms with Gasteiger partial charge >= 0.3 is 0 Å². The molecule has 0 heterocycles. The van der Waals surface area contributed by atoms with Crippen LogP contribution in [0.4, 0.5) is 0 Å². The predicted molar refractivity (Wildman–Crippen MR) is 55.8 cm³/mol. The summed E-state index contributed by atoms with van der Waals surface area (Å²) in [5, 5.41) is 20.9. The Morgan fingerprint density at radius 2 is 2.13 bits per heavy atom. The molecule has 0 saturated heterocycles. The molecule has 1 saturated carbocycles. The second-order valence-corrected chi connectivity index (χ2v) is 4.10. The number of hydrogen-bond acceptors (Lipinski definition) is 3. The van der Waals surface area contributed by atoms with Crippen LogP contribution in [0.15, 0.2) is 0 Å². The SMILES string of the molecule is CCC(C#N)C(=O)NC1CCC(O)CC1. The molecule has 15 heavy (non-hydrogen) atoms. The van der Waals surface area contributed by atoms with Crippen LogP contribution in [0.5, 0.6) is 0 Å². The first-order chi connectivity index (χ1) is 7.17. The van der Waals surface area contributed by atoms with Gasteiger partial charge < -0.3 is 10.4 Å². The Balaban J connectivity index is 2.35. The number of nitriles is 1. The molecule has 0 spiro atoms. The van der Waals surface area contributed by atoms with E-state index in [1.54, 1.807) is 0 Å². The van der Waals surface area contributed by atoms with Crippen molar-refractivity contribution >= 4 is 5.91 Å². The summed E-state index contributed by atoms with van der Waals surface area (Å²) in [6.07, 6.45) is 3.46. The molecule has 1 aliphatic carbocycles. The number of rotatable bonds is 3. The molecule has 2 N–H and O–H groups in total. The highest BCUT2D eigenvalue weighted by Gasteiger charge is 2.23. The van der Waals surface area contributed by atoms with Crippen molar-refractivity contribution in [2.24, 2.45) is 5.92 Å². The van der Waals surface area contributed by atoms with E-state index in [1.807, 2.05) is 13.0 Å². The van der Waals surface area contributed by atoms with Crippen LogP contribution in [0.25, 0.3) is 0 Å². The number of aliphatic hydroxyl groups is 1. The minimum absolute atomic E-state index is 0.142. The minimum Gasteiger partial charge on any atom is -0.393 e. The summed E-state index contributed by atoms with van der Waals surface area (Å²) >= 11 is 0. The zero-order valence-corrected chi connectivity index (χ0v) is 9.07. The maximum Gasteiger partial charge on any atom is 0.237 e. The number of aliphatic hydroxyl groups excluding tert-OH is 1. The van der Waals surface area contributed by atoms with E-state index in [9.17, 15) is 9.90 Å². The van der Waals surface area contributed by atoms with Crippen LogP contribution in [-0.2, 0) is 4.79 Å². The number of hydrogen-bond donors (Lipinski definition) is 2. The van der Waals surface area contributed by atoms with Gasteiger partial charge in [0.15, 0.2) is 0 Å². The molecule has 0 aromatic carbocycles. The average Bonchev–Trinajstić information content (AvgIpc) is 2.23. The van der Waals surface area contributed by atoms with E-state index in [0.717, 1.165) is 25.7 Å². The highest BCUT2D eigenvalue weighted by Crippen LogP contribution is 2.18. The number of carbonyl (C=O) groups is 1. The van der Waals surface area contributed by atoms with Crippen LogP contribution < -0.4 is 5.32 Å². The lowest BCUT2D eigenvalue weighted by atomic mass is 9.92. The average molecular weight is 210 g/mol. The molecule has 0 aromatic heterocycles. The van der Waals surface area contributed by atoms with Crippen molar-refractivity contribution in [3.63, 3.8) is 0 Å². The second-order valence-electron chi connectivity index (χ2n) is 4.10. The Kier molecular flexibility index (Phi) is 4.57. The Morgan fingerprint density at radius 3 is 2.60 bits per heavy atom. The smallest absolute Gasteiger partial charge is 0.237 e. The van der Waals surface area contributed by atoms with E-state index < -0.39 is 5.92 Å². The summed E-state index contributed by atoms with van der Waals surface area (Å²) < 4.78 is 0. The third-order valence-corrected chi connectivity index (χ3v) is 2.92. The lowest BCUT2D eigenvalue weighted by molar-refractivity contribution is -0.124. The van der Waals surface area contributed by atoms with Crippen molar-refractivity contribution in [3.8, 4) is 6.07 Å². The third kappa shape index (κ3) is 3.52. The number of nitrogens with one attached hydrogen (secondary N) is 1. The first-order valence-corrected chi connectivity index (χ1v) is 5.55. The molecule has 1 fully saturated rings. The molecule has 1 aliphatic rings. The lowest BCUT2D eigenvalue weighted by Gasteiger charge is -2.26. The minimum atomic E-state index is -0.531. The Bertz CT molecular complexity index is 252. The lowest BCUT2D eigenvalue weighted by Crippen LogP contribution is -2.41. The second kappa shape index (κ2) is 5.72. The van der Waals surface area contributed by atoms with E-state index in [0.29, 0.717) is 6.42 Å². The van der Waals surface area contributed by atoms with E-state index in [1.165, 1.54) is 0 Å². The molecule has 1 unspecified atom stereocenters. The topological polar surface area (TPSA) is 73.1 Å². The van der Waals surface area contributed by atoms with Crippen LogP contribution in [0.2, 0.25) is 0 Å². The quantitative estimate of drug-likeness (QED) is 0.728. The fraction of sp³-hybridized carbons (Fsp3) is 0.818. The van der Waals surface area contributed by atoms with Crippen molar-refractivity contribution < 1.29 is 9.90 Å². The van der Waals surface area contributed by atoms with Crippen molar-refractivity contribution in [2.45, 2.75) is 51.2 Å². The highest BCUT2D eigenvalue weighted by atomic mass is 16.3. The number of nitrogens with zero attached hydrogens (tertiary/aromatic N) is 1. The summed E-state index contributed by atoms with van der Waals surface area (Å²) in [5.41, 5.74) is 0. The van der Waals surface area contributed by atoms with Gasteiger partial charge in [-0.2, -0.15) is 5.26 Å². The molecule has 0 aliphatic heterocycles. The van der Waals surface area contributed by atoms with Crippen LogP contribution >= 0.6 is 0 Å². The normalized spacial score (nSPS) is 27.8. The fourth-order valence-corrected chi connectivity index (χ4v) is 1.86. The van der Waals surface area contributed by atoms with Gasteiger partial charge in [0.2, 0.25) is 5.91 Å². The van der Waals surface area contributed by atoms with Gasteiger partial charge in [0.1, 0.15) is 5.92 Å². The standard InChI is InChI=1S/C11H18N2O2/c1-2-8(7-12)11(15)13-9-3-5-10(14)6-4-9/h8-10,14H,2-6H2,1H3,(H,13,15). The monoisotopic (exact) mass is 210 g/mol. The first kappa shape index (κ1) is 12.0. The van der Waals surface area contributed by atoms with E-state index in [-0.39, 0.29) is 18.1 Å². The van der Waals surface area contributed by atoms with Crippen molar-refractivity contribution in [1.29, 1.82) is 5.26 Å². The predicted octanol–water partition coefficient (Wildman–Crippen LogP) is 0.956.